The highest BCUT2D eigenvalue weighted by Crippen LogP contribution is 2.65. The van der Waals surface area contributed by atoms with E-state index in [1.807, 2.05) is 0 Å². The number of carbonyl (C=O) groups excluding carboxylic acids is 2. The van der Waals surface area contributed by atoms with Gasteiger partial charge < -0.3 is 10.6 Å². The third-order valence-electron chi connectivity index (χ3n) is 4.65. The Bertz CT molecular complexity index is 962. The van der Waals surface area contributed by atoms with Gasteiger partial charge in [-0.1, -0.05) is 34.8 Å². The van der Waals surface area contributed by atoms with Gasteiger partial charge in [0.2, 0.25) is 5.91 Å². The molecule has 30 heavy (non-hydrogen) atoms. The zero-order chi connectivity index (χ0) is 22.1. The number of amides is 2. The van der Waals surface area contributed by atoms with E-state index in [0.717, 1.165) is 0 Å². The topological polar surface area (TPSA) is 58.2 Å². The highest BCUT2D eigenvalue weighted by Gasteiger charge is 2.67. The minimum Gasteiger partial charge on any atom is -0.352 e. The average Bonchev–Trinajstić information content (AvgIpc) is 3.25. The van der Waals surface area contributed by atoms with Gasteiger partial charge in [-0.15, -0.1) is 34.8 Å². The van der Waals surface area contributed by atoms with Gasteiger partial charge >= 0.3 is 0 Å². The summed E-state index contributed by atoms with van der Waals surface area (Å²) in [6.07, 6.45) is 0.630. The average molecular weight is 529 g/mol. The lowest BCUT2D eigenvalue weighted by molar-refractivity contribution is -0.117. The predicted molar refractivity (Wildman–Crippen MR) is 125 cm³/mol. The lowest BCUT2D eigenvalue weighted by Gasteiger charge is -2.10. The van der Waals surface area contributed by atoms with Crippen molar-refractivity contribution in [1.29, 1.82) is 0 Å². The maximum atomic E-state index is 12.8. The molecule has 0 aromatic heterocycles. The maximum absolute atomic E-state index is 12.8. The zero-order valence-corrected chi connectivity index (χ0v) is 19.9. The number of rotatable bonds is 7. The summed E-state index contributed by atoms with van der Waals surface area (Å²) < 4.78 is -1.30. The molecule has 3 rings (SSSR count). The highest BCUT2D eigenvalue weighted by molar-refractivity contribution is 6.53. The van der Waals surface area contributed by atoms with Gasteiger partial charge in [0.05, 0.1) is 16.5 Å². The highest BCUT2D eigenvalue weighted by atomic mass is 35.5. The predicted octanol–water partition coefficient (Wildman–Crippen LogP) is 6.53. The van der Waals surface area contributed by atoms with Crippen molar-refractivity contribution in [2.75, 3.05) is 17.7 Å². The van der Waals surface area contributed by atoms with Crippen LogP contribution in [0.4, 0.5) is 5.69 Å². The summed E-state index contributed by atoms with van der Waals surface area (Å²) in [6.45, 7) is 0.419. The molecule has 2 N–H and O–H groups in total. The lowest BCUT2D eigenvalue weighted by Crippen LogP contribution is -2.25. The van der Waals surface area contributed by atoms with E-state index in [2.05, 4.69) is 10.6 Å². The van der Waals surface area contributed by atoms with Crippen LogP contribution in [0.2, 0.25) is 15.1 Å². The normalized spacial score (nSPS) is 19.3. The summed E-state index contributed by atoms with van der Waals surface area (Å²) in [5.74, 6) is -1.50. The lowest BCUT2D eigenvalue weighted by atomic mass is 10.1. The van der Waals surface area contributed by atoms with Crippen molar-refractivity contribution in [1.82, 2.24) is 5.32 Å². The molecule has 4 nitrogen and oxygen atoms in total. The van der Waals surface area contributed by atoms with Crippen LogP contribution in [0, 0.1) is 5.92 Å². The fourth-order valence-electron chi connectivity index (χ4n) is 3.18. The van der Waals surface area contributed by atoms with Crippen molar-refractivity contribution in [3.63, 3.8) is 0 Å². The van der Waals surface area contributed by atoms with Crippen molar-refractivity contribution in [3.8, 4) is 0 Å². The second kappa shape index (κ2) is 9.72. The Morgan fingerprint density at radius 2 is 1.67 bits per heavy atom. The Balaban J connectivity index is 1.74. The first-order valence-electron chi connectivity index (χ1n) is 8.93. The van der Waals surface area contributed by atoms with Gasteiger partial charge in [0.1, 0.15) is 4.33 Å². The number of anilines is 1. The summed E-state index contributed by atoms with van der Waals surface area (Å²) in [5.41, 5.74) is 1.31. The molecular weight excluding hydrogens is 513 g/mol. The van der Waals surface area contributed by atoms with E-state index < -0.39 is 22.1 Å². The molecule has 2 amide bonds. The van der Waals surface area contributed by atoms with E-state index in [0.29, 0.717) is 40.1 Å². The number of alkyl halides is 3. The first kappa shape index (κ1) is 23.8. The molecule has 2 aromatic rings. The largest absolute Gasteiger partial charge is 0.352 e. The fraction of sp³-hybridized carbons (Fsp3) is 0.300. The monoisotopic (exact) mass is 526 g/mol. The van der Waals surface area contributed by atoms with Crippen LogP contribution in [0.3, 0.4) is 0 Å². The van der Waals surface area contributed by atoms with Gasteiger partial charge in [0.25, 0.3) is 5.91 Å². The molecule has 0 saturated heterocycles. The van der Waals surface area contributed by atoms with E-state index in [4.69, 9.17) is 69.6 Å². The second-order valence-corrected chi connectivity index (χ2v) is 9.92. The Labute approximate surface area is 204 Å². The number of halogens is 6. The number of benzene rings is 2. The van der Waals surface area contributed by atoms with Crippen molar-refractivity contribution in [3.05, 3.63) is 62.6 Å². The van der Waals surface area contributed by atoms with Crippen molar-refractivity contribution in [2.24, 2.45) is 5.92 Å². The first-order valence-corrected chi connectivity index (χ1v) is 11.4. The SMILES string of the molecule is O=C(NCCCCl)c1cc(NC(=O)[C@H]2[C@H](c3cc(Cl)cc(Cl)c3)C2(Cl)Cl)ccc1Cl. The number of carbonyl (C=O) groups is 2. The van der Waals surface area contributed by atoms with Crippen LogP contribution in [-0.2, 0) is 4.79 Å². The first-order chi connectivity index (χ1) is 14.1. The summed E-state index contributed by atoms with van der Waals surface area (Å²) in [4.78, 5) is 25.1. The smallest absolute Gasteiger partial charge is 0.252 e. The molecule has 1 aliphatic rings. The minimum atomic E-state index is -1.30. The molecule has 0 heterocycles. The van der Waals surface area contributed by atoms with Gasteiger partial charge in [-0.05, 0) is 48.4 Å². The molecule has 1 saturated carbocycles. The fourth-order valence-corrected chi connectivity index (χ4v) is 4.89. The number of nitrogens with one attached hydrogen (secondary N) is 2. The van der Waals surface area contributed by atoms with E-state index in [1.165, 1.54) is 12.1 Å². The number of hydrogen-bond donors (Lipinski definition) is 2. The van der Waals surface area contributed by atoms with Crippen molar-refractivity contribution >= 4 is 87.1 Å². The van der Waals surface area contributed by atoms with Gasteiger partial charge in [-0.2, -0.15) is 0 Å². The van der Waals surface area contributed by atoms with Crippen LogP contribution >= 0.6 is 69.6 Å². The molecule has 0 spiro atoms. The molecule has 2 atom stereocenters. The number of hydrogen-bond acceptors (Lipinski definition) is 2. The summed E-state index contributed by atoms with van der Waals surface area (Å²) in [7, 11) is 0. The van der Waals surface area contributed by atoms with Crippen molar-refractivity contribution < 1.29 is 9.59 Å². The molecule has 10 heteroatoms. The van der Waals surface area contributed by atoms with Crippen LogP contribution in [0.15, 0.2) is 36.4 Å². The Morgan fingerprint density at radius 3 is 2.30 bits per heavy atom. The summed E-state index contributed by atoms with van der Waals surface area (Å²) >= 11 is 36.6. The van der Waals surface area contributed by atoms with E-state index in [9.17, 15) is 9.59 Å². The third-order valence-corrected chi connectivity index (χ3v) is 6.63. The van der Waals surface area contributed by atoms with E-state index in [1.54, 1.807) is 24.3 Å². The van der Waals surface area contributed by atoms with E-state index in [-0.39, 0.29) is 16.5 Å². The summed E-state index contributed by atoms with van der Waals surface area (Å²) in [6, 6.07) is 9.56. The van der Waals surface area contributed by atoms with Crippen LogP contribution in [-0.4, -0.2) is 28.6 Å². The second-order valence-electron chi connectivity index (χ2n) is 6.81. The molecule has 1 fully saturated rings. The van der Waals surface area contributed by atoms with Crippen LogP contribution in [0.1, 0.15) is 28.3 Å². The van der Waals surface area contributed by atoms with Gasteiger partial charge in [0, 0.05) is 34.1 Å². The Kier molecular flexibility index (Phi) is 7.71. The minimum absolute atomic E-state index is 0.237. The molecule has 0 unspecified atom stereocenters. The quantitative estimate of drug-likeness (QED) is 0.317. The Morgan fingerprint density at radius 1 is 1.00 bits per heavy atom. The maximum Gasteiger partial charge on any atom is 0.252 e. The van der Waals surface area contributed by atoms with Gasteiger partial charge in [0.15, 0.2) is 0 Å². The molecule has 0 aliphatic heterocycles. The molecule has 160 valence electrons. The standard InChI is InChI=1S/C20H16Cl6N2O2/c21-4-1-5-27-18(29)14-9-13(2-3-15(14)24)28-19(30)17-16(20(17,25)26)10-6-11(22)8-12(23)7-10/h2-3,6-9,16-17H,1,4-5H2,(H,27,29)(H,28,30)/t16-,17+/m0/s1. The molecule has 2 aromatic carbocycles. The van der Waals surface area contributed by atoms with Gasteiger partial charge in [-0.25, -0.2) is 0 Å². The molecular formula is C20H16Cl6N2O2. The molecule has 1 aliphatic carbocycles. The van der Waals surface area contributed by atoms with Gasteiger partial charge in [-0.3, -0.25) is 9.59 Å². The van der Waals surface area contributed by atoms with Crippen LogP contribution < -0.4 is 10.6 Å². The van der Waals surface area contributed by atoms with Crippen molar-refractivity contribution in [2.45, 2.75) is 16.7 Å². The van der Waals surface area contributed by atoms with Crippen LogP contribution in [0.25, 0.3) is 0 Å². The molecule has 0 radical (unpaired) electrons. The summed E-state index contributed by atoms with van der Waals surface area (Å²) in [5, 5.41) is 6.58. The Hall–Kier alpha value is -0.880. The van der Waals surface area contributed by atoms with Crippen LogP contribution in [0.5, 0.6) is 0 Å². The zero-order valence-electron chi connectivity index (χ0n) is 15.3. The third kappa shape index (κ3) is 5.29. The molecule has 0 bridgehead atoms. The van der Waals surface area contributed by atoms with E-state index >= 15 is 0 Å².